The minimum atomic E-state index is -0.573. The van der Waals surface area contributed by atoms with E-state index in [0.29, 0.717) is 15.8 Å². The quantitative estimate of drug-likeness (QED) is 0.731. The van der Waals surface area contributed by atoms with Crippen LogP contribution in [0.4, 0.5) is 0 Å². The molecule has 0 aliphatic rings. The van der Waals surface area contributed by atoms with Gasteiger partial charge in [0, 0.05) is 5.75 Å². The van der Waals surface area contributed by atoms with Gasteiger partial charge in [-0.05, 0) is 30.2 Å². The monoisotopic (exact) mass is 383 g/mol. The summed E-state index contributed by atoms with van der Waals surface area (Å²) in [6, 6.07) is 14.6. The van der Waals surface area contributed by atoms with Gasteiger partial charge in [0.2, 0.25) is 5.91 Å². The third-order valence-electron chi connectivity index (χ3n) is 3.51. The molecule has 3 nitrogen and oxygen atoms in total. The molecule has 0 saturated heterocycles. The number of carbonyl (C=O) groups excluding carboxylic acids is 1. The van der Waals surface area contributed by atoms with E-state index >= 15 is 0 Å². The highest BCUT2D eigenvalue weighted by Gasteiger charge is 2.13. The second-order valence-corrected chi connectivity index (χ2v) is 7.25. The number of aliphatic hydroxyl groups is 1. The summed E-state index contributed by atoms with van der Waals surface area (Å²) in [6.45, 7) is 1.89. The second kappa shape index (κ2) is 9.33. The average molecular weight is 384 g/mol. The normalized spacial score (nSPS) is 13.3. The van der Waals surface area contributed by atoms with Gasteiger partial charge in [0.15, 0.2) is 0 Å². The number of hydrogen-bond donors (Lipinski definition) is 2. The molecular formula is C18H19Cl2NO2S. The fourth-order valence-corrected chi connectivity index (χ4v) is 3.29. The smallest absolute Gasteiger partial charge is 0.230 e. The number of hydrogen-bond acceptors (Lipinski definition) is 3. The third kappa shape index (κ3) is 5.71. The predicted octanol–water partition coefficient (Wildman–Crippen LogP) is 4.64. The number of halogens is 2. The fourth-order valence-electron chi connectivity index (χ4n) is 2.18. The molecule has 0 fully saturated rings. The standard InChI is InChI=1S/C18H19Cl2NO2S/c1-12(14-7-8-15(19)16(20)9-14)21-18(23)11-24-10-17(22)13-5-3-2-4-6-13/h2-9,12,17,22H,10-11H2,1H3,(H,21,23). The van der Waals surface area contributed by atoms with Gasteiger partial charge in [0.1, 0.15) is 0 Å². The van der Waals surface area contributed by atoms with Crippen LogP contribution in [0.3, 0.4) is 0 Å². The molecule has 1 amide bonds. The summed E-state index contributed by atoms with van der Waals surface area (Å²) in [7, 11) is 0. The molecule has 2 unspecified atom stereocenters. The summed E-state index contributed by atoms with van der Waals surface area (Å²) in [5.41, 5.74) is 1.75. The number of amides is 1. The van der Waals surface area contributed by atoms with Crippen molar-refractivity contribution in [3.8, 4) is 0 Å². The van der Waals surface area contributed by atoms with Crippen molar-refractivity contribution in [2.45, 2.75) is 19.1 Å². The zero-order valence-electron chi connectivity index (χ0n) is 13.2. The summed E-state index contributed by atoms with van der Waals surface area (Å²) in [5, 5.41) is 13.9. The molecule has 0 saturated carbocycles. The Morgan fingerprint density at radius 2 is 1.83 bits per heavy atom. The Hall–Kier alpha value is -1.20. The molecule has 0 aliphatic heterocycles. The van der Waals surface area contributed by atoms with E-state index in [9.17, 15) is 9.90 Å². The van der Waals surface area contributed by atoms with Gasteiger partial charge in [-0.25, -0.2) is 0 Å². The Kier molecular flexibility index (Phi) is 7.43. The van der Waals surface area contributed by atoms with Gasteiger partial charge in [-0.1, -0.05) is 59.6 Å². The first kappa shape index (κ1) is 19.1. The Bertz CT molecular complexity index is 682. The zero-order valence-corrected chi connectivity index (χ0v) is 15.5. The lowest BCUT2D eigenvalue weighted by Crippen LogP contribution is -2.28. The molecule has 24 heavy (non-hydrogen) atoms. The molecule has 2 N–H and O–H groups in total. The van der Waals surface area contributed by atoms with Crippen LogP contribution in [0, 0.1) is 0 Å². The first-order valence-corrected chi connectivity index (χ1v) is 9.43. The SMILES string of the molecule is CC(NC(=O)CSCC(O)c1ccccc1)c1ccc(Cl)c(Cl)c1. The number of benzene rings is 2. The van der Waals surface area contributed by atoms with Crippen LogP contribution < -0.4 is 5.32 Å². The highest BCUT2D eigenvalue weighted by atomic mass is 35.5. The molecule has 0 aliphatic carbocycles. The lowest BCUT2D eigenvalue weighted by molar-refractivity contribution is -0.119. The van der Waals surface area contributed by atoms with E-state index in [1.165, 1.54) is 11.8 Å². The van der Waals surface area contributed by atoms with Crippen molar-refractivity contribution in [1.29, 1.82) is 0 Å². The van der Waals surface area contributed by atoms with Crippen molar-refractivity contribution >= 4 is 40.9 Å². The summed E-state index contributed by atoms with van der Waals surface area (Å²) in [5.74, 6) is 0.674. The fraction of sp³-hybridized carbons (Fsp3) is 0.278. The number of carbonyl (C=O) groups is 1. The van der Waals surface area contributed by atoms with Crippen LogP contribution in [0.2, 0.25) is 10.0 Å². The van der Waals surface area contributed by atoms with Gasteiger partial charge in [-0.2, -0.15) is 0 Å². The number of nitrogens with one attached hydrogen (secondary N) is 1. The summed E-state index contributed by atoms with van der Waals surface area (Å²) >= 11 is 13.3. The molecule has 2 aromatic rings. The van der Waals surface area contributed by atoms with E-state index < -0.39 is 6.10 Å². The van der Waals surface area contributed by atoms with E-state index in [1.54, 1.807) is 12.1 Å². The van der Waals surface area contributed by atoms with Gasteiger partial charge in [0.25, 0.3) is 0 Å². The largest absolute Gasteiger partial charge is 0.388 e. The molecule has 2 atom stereocenters. The maximum absolute atomic E-state index is 12.0. The van der Waals surface area contributed by atoms with Crippen LogP contribution in [0.25, 0.3) is 0 Å². The van der Waals surface area contributed by atoms with Gasteiger partial charge < -0.3 is 10.4 Å². The van der Waals surface area contributed by atoms with Gasteiger partial charge in [-0.15, -0.1) is 11.8 Å². The minimum Gasteiger partial charge on any atom is -0.388 e. The number of rotatable bonds is 7. The molecule has 0 spiro atoms. The molecule has 0 radical (unpaired) electrons. The van der Waals surface area contributed by atoms with E-state index in [-0.39, 0.29) is 17.7 Å². The van der Waals surface area contributed by atoms with Crippen LogP contribution >= 0.6 is 35.0 Å². The Morgan fingerprint density at radius 3 is 2.50 bits per heavy atom. The van der Waals surface area contributed by atoms with Crippen molar-refractivity contribution in [3.63, 3.8) is 0 Å². The third-order valence-corrected chi connectivity index (χ3v) is 5.27. The average Bonchev–Trinajstić information content (AvgIpc) is 2.58. The van der Waals surface area contributed by atoms with Crippen LogP contribution in [0.15, 0.2) is 48.5 Å². The van der Waals surface area contributed by atoms with Crippen LogP contribution in [0.5, 0.6) is 0 Å². The Labute approximate surface area is 156 Å². The summed E-state index contributed by atoms with van der Waals surface area (Å²) < 4.78 is 0. The van der Waals surface area contributed by atoms with Gasteiger partial charge >= 0.3 is 0 Å². The highest BCUT2D eigenvalue weighted by Crippen LogP contribution is 2.25. The van der Waals surface area contributed by atoms with Gasteiger partial charge in [-0.3, -0.25) is 4.79 Å². The maximum Gasteiger partial charge on any atom is 0.230 e. The topological polar surface area (TPSA) is 49.3 Å². The molecule has 2 aromatic carbocycles. The molecule has 0 heterocycles. The first-order valence-electron chi connectivity index (χ1n) is 7.52. The molecule has 128 valence electrons. The lowest BCUT2D eigenvalue weighted by Gasteiger charge is -2.15. The maximum atomic E-state index is 12.0. The number of aliphatic hydroxyl groups excluding tert-OH is 1. The van der Waals surface area contributed by atoms with Crippen molar-refractivity contribution in [1.82, 2.24) is 5.32 Å². The van der Waals surface area contributed by atoms with Gasteiger partial charge in [0.05, 0.1) is 27.9 Å². The van der Waals surface area contributed by atoms with E-state index in [1.807, 2.05) is 43.3 Å². The molecule has 6 heteroatoms. The highest BCUT2D eigenvalue weighted by molar-refractivity contribution is 7.99. The van der Waals surface area contributed by atoms with Crippen molar-refractivity contribution in [2.75, 3.05) is 11.5 Å². The van der Waals surface area contributed by atoms with Crippen LogP contribution in [0.1, 0.15) is 30.2 Å². The minimum absolute atomic E-state index is 0.0844. The zero-order chi connectivity index (χ0) is 17.5. The Balaban J connectivity index is 1.77. The van der Waals surface area contributed by atoms with Crippen molar-refractivity contribution < 1.29 is 9.90 Å². The van der Waals surface area contributed by atoms with Crippen molar-refractivity contribution in [2.24, 2.45) is 0 Å². The van der Waals surface area contributed by atoms with E-state index in [4.69, 9.17) is 23.2 Å². The molecule has 0 bridgehead atoms. The van der Waals surface area contributed by atoms with Crippen LogP contribution in [-0.2, 0) is 4.79 Å². The first-order chi connectivity index (χ1) is 11.5. The predicted molar refractivity (Wildman–Crippen MR) is 102 cm³/mol. The number of thioether (sulfide) groups is 1. The molecule has 0 aromatic heterocycles. The summed E-state index contributed by atoms with van der Waals surface area (Å²) in [6.07, 6.45) is -0.573. The summed E-state index contributed by atoms with van der Waals surface area (Å²) in [4.78, 5) is 12.0. The van der Waals surface area contributed by atoms with E-state index in [0.717, 1.165) is 11.1 Å². The lowest BCUT2D eigenvalue weighted by atomic mass is 10.1. The molecule has 2 rings (SSSR count). The molecular weight excluding hydrogens is 365 g/mol. The Morgan fingerprint density at radius 1 is 1.12 bits per heavy atom. The van der Waals surface area contributed by atoms with Crippen molar-refractivity contribution in [3.05, 3.63) is 69.7 Å². The van der Waals surface area contributed by atoms with E-state index in [2.05, 4.69) is 5.32 Å². The second-order valence-electron chi connectivity index (χ2n) is 5.40. The van der Waals surface area contributed by atoms with Crippen LogP contribution in [-0.4, -0.2) is 22.5 Å².